The van der Waals surface area contributed by atoms with Crippen molar-refractivity contribution in [2.24, 2.45) is 0 Å². The number of benzene rings is 2. The minimum absolute atomic E-state index is 0.00414. The number of esters is 1. The van der Waals surface area contributed by atoms with Crippen LogP contribution in [0.5, 0.6) is 5.75 Å². The molecule has 0 amide bonds. The molecule has 0 unspecified atom stereocenters. The van der Waals surface area contributed by atoms with Crippen LogP contribution in [-0.4, -0.2) is 11.8 Å². The van der Waals surface area contributed by atoms with Gasteiger partial charge in [0.2, 0.25) is 5.79 Å². The van der Waals surface area contributed by atoms with Crippen molar-refractivity contribution in [3.63, 3.8) is 0 Å². The van der Waals surface area contributed by atoms with Gasteiger partial charge in [-0.15, -0.1) is 0 Å². The summed E-state index contributed by atoms with van der Waals surface area (Å²) in [6.45, 7) is 3.32. The normalized spacial score (nSPS) is 15.9. The zero-order valence-electron chi connectivity index (χ0n) is 11.4. The average molecular weight is 307 g/mol. The first-order chi connectivity index (χ1) is 9.87. The van der Waals surface area contributed by atoms with Gasteiger partial charge in [0.1, 0.15) is 17.1 Å². The van der Waals surface area contributed by atoms with Crippen molar-refractivity contribution in [1.29, 1.82) is 0 Å². The van der Waals surface area contributed by atoms with Crippen LogP contribution in [-0.2, 0) is 4.74 Å². The zero-order valence-corrected chi connectivity index (χ0v) is 12.2. The van der Waals surface area contributed by atoms with Crippen LogP contribution in [0.1, 0.15) is 24.2 Å². The first-order valence-electron chi connectivity index (χ1n) is 6.38. The van der Waals surface area contributed by atoms with Gasteiger partial charge in [-0.3, -0.25) is 0 Å². The van der Waals surface area contributed by atoms with Gasteiger partial charge >= 0.3 is 5.97 Å². The third-order valence-electron chi connectivity index (χ3n) is 3.16. The number of hydrogen-bond acceptors (Lipinski definition) is 3. The summed E-state index contributed by atoms with van der Waals surface area (Å²) in [7, 11) is 0. The second-order valence-electron chi connectivity index (χ2n) is 5.20. The highest BCUT2D eigenvalue weighted by atomic mass is 35.5. The molecule has 1 aliphatic rings. The molecule has 0 bridgehead atoms. The summed E-state index contributed by atoms with van der Waals surface area (Å²) in [4.78, 5) is 12.2. The summed E-state index contributed by atoms with van der Waals surface area (Å²) in [6, 6.07) is 9.50. The molecule has 0 spiro atoms. The number of ether oxygens (including phenoxy) is 2. The predicted octanol–water partition coefficient (Wildman–Crippen LogP) is 4.43. The van der Waals surface area contributed by atoms with E-state index < -0.39 is 17.6 Å². The number of carbonyl (C=O) groups excluding carboxylic acids is 1. The summed E-state index contributed by atoms with van der Waals surface area (Å²) in [6.07, 6.45) is 0. The number of fused-ring (bicyclic) bond motifs is 1. The van der Waals surface area contributed by atoms with Crippen LogP contribution < -0.4 is 4.74 Å². The van der Waals surface area contributed by atoms with Gasteiger partial charge in [0.25, 0.3) is 0 Å². The van der Waals surface area contributed by atoms with E-state index in [0.717, 1.165) is 0 Å². The lowest BCUT2D eigenvalue weighted by molar-refractivity contribution is -0.127. The van der Waals surface area contributed by atoms with E-state index in [1.165, 1.54) is 12.1 Å². The summed E-state index contributed by atoms with van der Waals surface area (Å²) in [5, 5.41) is -0.00414. The molecule has 1 aliphatic heterocycles. The highest BCUT2D eigenvalue weighted by Crippen LogP contribution is 2.38. The summed E-state index contributed by atoms with van der Waals surface area (Å²) in [5.74, 6) is -1.56. The predicted molar refractivity (Wildman–Crippen MR) is 77.0 cm³/mol. The molecular formula is C16H12ClFO3. The maximum absolute atomic E-state index is 13.3. The third-order valence-corrected chi connectivity index (χ3v) is 3.44. The molecule has 2 aromatic carbocycles. The molecule has 5 heteroatoms. The largest absolute Gasteiger partial charge is 0.452 e. The first-order valence-corrected chi connectivity index (χ1v) is 6.76. The first kappa shape index (κ1) is 13.9. The van der Waals surface area contributed by atoms with Crippen molar-refractivity contribution in [1.82, 2.24) is 0 Å². The molecule has 3 rings (SSSR count). The lowest BCUT2D eigenvalue weighted by atomic mass is 9.98. The monoisotopic (exact) mass is 306 g/mol. The lowest BCUT2D eigenvalue weighted by Crippen LogP contribution is -2.39. The van der Waals surface area contributed by atoms with Crippen molar-refractivity contribution in [2.45, 2.75) is 19.6 Å². The number of halogens is 2. The molecule has 0 aliphatic carbocycles. The quantitative estimate of drug-likeness (QED) is 0.731. The van der Waals surface area contributed by atoms with E-state index in [9.17, 15) is 9.18 Å². The third kappa shape index (κ3) is 2.47. The zero-order chi connectivity index (χ0) is 15.2. The fraction of sp³-hybridized carbons (Fsp3) is 0.188. The molecule has 1 heterocycles. The van der Waals surface area contributed by atoms with Gasteiger partial charge in [-0.2, -0.15) is 0 Å². The number of carbonyl (C=O) groups is 1. The minimum atomic E-state index is -1.01. The molecule has 0 fully saturated rings. The van der Waals surface area contributed by atoms with E-state index in [2.05, 4.69) is 0 Å². The Morgan fingerprint density at radius 2 is 1.90 bits per heavy atom. The molecule has 0 N–H and O–H groups in total. The Balaban J connectivity index is 2.17. The number of rotatable bonds is 1. The molecule has 3 nitrogen and oxygen atoms in total. The molecular weight excluding hydrogens is 295 g/mol. The topological polar surface area (TPSA) is 35.5 Å². The highest BCUT2D eigenvalue weighted by molar-refractivity contribution is 6.31. The Morgan fingerprint density at radius 3 is 2.62 bits per heavy atom. The average Bonchev–Trinajstić information content (AvgIpc) is 2.39. The molecule has 21 heavy (non-hydrogen) atoms. The van der Waals surface area contributed by atoms with E-state index in [1.54, 1.807) is 38.1 Å². The van der Waals surface area contributed by atoms with Gasteiger partial charge in [0, 0.05) is 19.4 Å². The van der Waals surface area contributed by atoms with Gasteiger partial charge in [0.05, 0.1) is 5.02 Å². The van der Waals surface area contributed by atoms with E-state index in [-0.39, 0.29) is 5.02 Å². The highest BCUT2D eigenvalue weighted by Gasteiger charge is 2.35. The fourth-order valence-electron chi connectivity index (χ4n) is 2.29. The van der Waals surface area contributed by atoms with Crippen molar-refractivity contribution in [3.05, 3.63) is 52.8 Å². The molecule has 108 valence electrons. The van der Waals surface area contributed by atoms with E-state index >= 15 is 0 Å². The van der Waals surface area contributed by atoms with Crippen LogP contribution in [0.2, 0.25) is 5.02 Å². The Morgan fingerprint density at radius 1 is 1.14 bits per heavy atom. The van der Waals surface area contributed by atoms with Crippen LogP contribution in [0.15, 0.2) is 36.4 Å². The van der Waals surface area contributed by atoms with Crippen LogP contribution in [0.25, 0.3) is 11.1 Å². The molecule has 0 saturated carbocycles. The van der Waals surface area contributed by atoms with Crippen molar-refractivity contribution >= 4 is 17.6 Å². The molecule has 0 radical (unpaired) electrons. The Hall–Kier alpha value is -2.07. The van der Waals surface area contributed by atoms with Gasteiger partial charge < -0.3 is 9.47 Å². The summed E-state index contributed by atoms with van der Waals surface area (Å²) in [5.41, 5.74) is 1.54. The van der Waals surface area contributed by atoms with Gasteiger partial charge in [-0.05, 0) is 23.8 Å². The SMILES string of the molecule is CC1(C)OC(=O)c2c(cccc2-c2ccc(F)c(Cl)c2)O1. The number of hydrogen-bond donors (Lipinski definition) is 0. The summed E-state index contributed by atoms with van der Waals surface area (Å²) < 4.78 is 24.2. The maximum Gasteiger partial charge on any atom is 0.345 e. The van der Waals surface area contributed by atoms with Crippen LogP contribution >= 0.6 is 11.6 Å². The van der Waals surface area contributed by atoms with Crippen LogP contribution in [0.4, 0.5) is 4.39 Å². The number of cyclic esters (lactones) is 1. The summed E-state index contributed by atoms with van der Waals surface area (Å²) >= 11 is 5.81. The fourth-order valence-corrected chi connectivity index (χ4v) is 2.47. The van der Waals surface area contributed by atoms with E-state index in [4.69, 9.17) is 21.1 Å². The molecule has 2 aromatic rings. The second-order valence-corrected chi connectivity index (χ2v) is 5.61. The molecule has 0 saturated heterocycles. The van der Waals surface area contributed by atoms with E-state index in [1.807, 2.05) is 0 Å². The minimum Gasteiger partial charge on any atom is -0.452 e. The standard InChI is InChI=1S/C16H12ClFO3/c1-16(2)20-13-5-3-4-10(14(13)15(19)21-16)9-6-7-12(18)11(17)8-9/h3-8H,1-2H3. The Labute approximate surface area is 126 Å². The lowest BCUT2D eigenvalue weighted by Gasteiger charge is -2.32. The van der Waals surface area contributed by atoms with Crippen molar-refractivity contribution < 1.29 is 18.7 Å². The maximum atomic E-state index is 13.3. The second kappa shape index (κ2) is 4.74. The van der Waals surface area contributed by atoms with Crippen molar-refractivity contribution in [3.8, 4) is 16.9 Å². The van der Waals surface area contributed by atoms with Crippen molar-refractivity contribution in [2.75, 3.05) is 0 Å². The van der Waals surface area contributed by atoms with E-state index in [0.29, 0.717) is 22.4 Å². The Kier molecular flexibility index (Phi) is 3.14. The van der Waals surface area contributed by atoms with Gasteiger partial charge in [0.15, 0.2) is 0 Å². The molecule has 0 aromatic heterocycles. The van der Waals surface area contributed by atoms with Gasteiger partial charge in [-0.25, -0.2) is 9.18 Å². The molecule has 0 atom stereocenters. The smallest absolute Gasteiger partial charge is 0.345 e. The van der Waals surface area contributed by atoms with Crippen LogP contribution in [0, 0.1) is 5.82 Å². The van der Waals surface area contributed by atoms with Gasteiger partial charge in [-0.1, -0.05) is 29.8 Å². The Bertz CT molecular complexity index is 740. The van der Waals surface area contributed by atoms with Crippen LogP contribution in [0.3, 0.4) is 0 Å².